The van der Waals surface area contributed by atoms with Gasteiger partial charge in [0.1, 0.15) is 11.5 Å². The fourth-order valence-electron chi connectivity index (χ4n) is 1.37. The summed E-state index contributed by atoms with van der Waals surface area (Å²) in [6.45, 7) is 11.8. The number of hydrogen-bond acceptors (Lipinski definition) is 4. The number of carboxylic acid groups (broad SMARTS) is 2. The van der Waals surface area contributed by atoms with Crippen molar-refractivity contribution < 1.29 is 49.7 Å². The van der Waals surface area contributed by atoms with Gasteiger partial charge in [0.2, 0.25) is 11.5 Å². The van der Waals surface area contributed by atoms with Crippen LogP contribution in [-0.4, -0.2) is 22.2 Å². The Bertz CT molecular complexity index is 534. The number of furan rings is 2. The van der Waals surface area contributed by atoms with Crippen LogP contribution >= 0.6 is 0 Å². The molecule has 7 heteroatoms. The Hall–Kier alpha value is -1.81. The zero-order valence-electron chi connectivity index (χ0n) is 15.7. The van der Waals surface area contributed by atoms with Gasteiger partial charge in [0.05, 0.1) is 0 Å². The quantitative estimate of drug-likeness (QED) is 0.576. The molecule has 2 aromatic heterocycles. The third kappa shape index (κ3) is 11.4. The standard InChI is InChI=1S/2C7H8O3.2C2H6.W/c2*1-2-5-3-4-6(10-5)7(8)9;2*1-2;/h2*3-4H,2H2,1H3,(H,8,9);2*1-2H3;. The smallest absolute Gasteiger partial charge is 0.371 e. The Morgan fingerprint density at radius 1 is 0.760 bits per heavy atom. The van der Waals surface area contributed by atoms with E-state index in [0.29, 0.717) is 11.5 Å². The largest absolute Gasteiger partial charge is 0.475 e. The van der Waals surface area contributed by atoms with E-state index in [1.807, 2.05) is 41.5 Å². The van der Waals surface area contributed by atoms with Gasteiger partial charge in [0.25, 0.3) is 0 Å². The molecule has 2 N–H and O–H groups in total. The van der Waals surface area contributed by atoms with Crippen molar-refractivity contribution in [2.45, 2.75) is 54.4 Å². The van der Waals surface area contributed by atoms with Crippen LogP contribution in [0.2, 0.25) is 0 Å². The number of carbonyl (C=O) groups is 2. The van der Waals surface area contributed by atoms with E-state index in [9.17, 15) is 9.59 Å². The van der Waals surface area contributed by atoms with E-state index in [-0.39, 0.29) is 32.6 Å². The normalized spacial score (nSPS) is 8.24. The fraction of sp³-hybridized carbons (Fsp3) is 0.444. The summed E-state index contributed by atoms with van der Waals surface area (Å²) in [5.41, 5.74) is 0. The second-order valence-corrected chi connectivity index (χ2v) is 3.85. The maximum absolute atomic E-state index is 10.2. The molecular formula is C18H28O6W. The van der Waals surface area contributed by atoms with E-state index in [1.165, 1.54) is 12.1 Å². The van der Waals surface area contributed by atoms with E-state index in [4.69, 9.17) is 19.0 Å². The van der Waals surface area contributed by atoms with Crippen molar-refractivity contribution in [1.29, 1.82) is 0 Å². The van der Waals surface area contributed by atoms with Gasteiger partial charge in [-0.25, -0.2) is 9.59 Å². The van der Waals surface area contributed by atoms with Gasteiger partial charge >= 0.3 is 11.9 Å². The van der Waals surface area contributed by atoms with Gasteiger partial charge in [-0.2, -0.15) is 0 Å². The van der Waals surface area contributed by atoms with Crippen molar-refractivity contribution in [3.05, 3.63) is 47.3 Å². The number of rotatable bonds is 4. The van der Waals surface area contributed by atoms with Gasteiger partial charge in [0, 0.05) is 33.9 Å². The van der Waals surface area contributed by atoms with Crippen LogP contribution in [0.25, 0.3) is 0 Å². The third-order valence-corrected chi connectivity index (χ3v) is 2.44. The average molecular weight is 524 g/mol. The predicted molar refractivity (Wildman–Crippen MR) is 92.8 cm³/mol. The van der Waals surface area contributed by atoms with Crippen LogP contribution in [0.5, 0.6) is 0 Å². The zero-order chi connectivity index (χ0) is 19.1. The van der Waals surface area contributed by atoms with E-state index >= 15 is 0 Å². The molecule has 2 heterocycles. The van der Waals surface area contributed by atoms with Gasteiger partial charge in [-0.3, -0.25) is 0 Å². The molecule has 0 unspecified atom stereocenters. The summed E-state index contributed by atoms with van der Waals surface area (Å²) in [6.07, 6.45) is 1.46. The molecule has 0 bridgehead atoms. The van der Waals surface area contributed by atoms with Crippen LogP contribution in [0.4, 0.5) is 0 Å². The Morgan fingerprint density at radius 3 is 1.16 bits per heavy atom. The Kier molecular flexibility index (Phi) is 19.1. The Labute approximate surface area is 163 Å². The molecule has 25 heavy (non-hydrogen) atoms. The number of hydrogen-bond donors (Lipinski definition) is 2. The molecule has 2 rings (SSSR count). The molecule has 0 aromatic carbocycles. The first-order valence-electron chi connectivity index (χ1n) is 8.11. The summed E-state index contributed by atoms with van der Waals surface area (Å²) in [6, 6.07) is 6.26. The van der Waals surface area contributed by atoms with Gasteiger partial charge in [-0.05, 0) is 24.3 Å². The molecule has 0 aliphatic rings. The first-order chi connectivity index (χ1) is 11.5. The maximum Gasteiger partial charge on any atom is 0.371 e. The average Bonchev–Trinajstić information content (AvgIpc) is 3.28. The van der Waals surface area contributed by atoms with E-state index in [0.717, 1.165) is 12.8 Å². The summed E-state index contributed by atoms with van der Waals surface area (Å²) >= 11 is 0. The Balaban J connectivity index is -0.000000312. The van der Waals surface area contributed by atoms with Crippen molar-refractivity contribution in [3.63, 3.8) is 0 Å². The number of aryl methyl sites for hydroxylation is 2. The third-order valence-electron chi connectivity index (χ3n) is 2.44. The minimum absolute atomic E-state index is 0. The molecule has 142 valence electrons. The molecule has 0 spiro atoms. The number of carboxylic acids is 2. The minimum Gasteiger partial charge on any atom is -0.475 e. The van der Waals surface area contributed by atoms with Crippen molar-refractivity contribution in [2.24, 2.45) is 0 Å². The molecule has 0 fully saturated rings. The van der Waals surface area contributed by atoms with Crippen LogP contribution in [0.3, 0.4) is 0 Å². The zero-order valence-corrected chi connectivity index (χ0v) is 18.6. The van der Waals surface area contributed by atoms with Crippen molar-refractivity contribution >= 4 is 11.9 Å². The molecule has 2 aromatic rings. The molecule has 0 saturated carbocycles. The number of aromatic carboxylic acids is 2. The second kappa shape index (κ2) is 17.0. The molecule has 0 aliphatic carbocycles. The van der Waals surface area contributed by atoms with Crippen LogP contribution in [0.1, 0.15) is 74.2 Å². The first-order valence-corrected chi connectivity index (χ1v) is 8.11. The van der Waals surface area contributed by atoms with Crippen LogP contribution in [-0.2, 0) is 33.9 Å². The molecule has 0 atom stereocenters. The van der Waals surface area contributed by atoms with Gasteiger partial charge in [-0.1, -0.05) is 41.5 Å². The predicted octanol–water partition coefficient (Wildman–Crippen LogP) is 5.13. The van der Waals surface area contributed by atoms with E-state index in [1.54, 1.807) is 12.1 Å². The van der Waals surface area contributed by atoms with Gasteiger partial charge in [0.15, 0.2) is 0 Å². The minimum atomic E-state index is -1.01. The van der Waals surface area contributed by atoms with Crippen LogP contribution < -0.4 is 0 Å². The van der Waals surface area contributed by atoms with Crippen molar-refractivity contribution in [2.75, 3.05) is 0 Å². The summed E-state index contributed by atoms with van der Waals surface area (Å²) in [4.78, 5) is 20.5. The SMILES string of the molecule is CC.CC.CCc1ccc(C(=O)O)o1.CCc1ccc(C(=O)O)o1.[W]. The summed E-state index contributed by atoms with van der Waals surface area (Å²) < 4.78 is 9.79. The second-order valence-electron chi connectivity index (χ2n) is 3.85. The van der Waals surface area contributed by atoms with Gasteiger partial charge < -0.3 is 19.0 Å². The molecular weight excluding hydrogens is 496 g/mol. The summed E-state index contributed by atoms with van der Waals surface area (Å²) in [7, 11) is 0. The molecule has 0 saturated heterocycles. The summed E-state index contributed by atoms with van der Waals surface area (Å²) in [5.74, 6) is -0.595. The molecule has 0 aliphatic heterocycles. The molecule has 6 nitrogen and oxygen atoms in total. The van der Waals surface area contributed by atoms with Crippen LogP contribution in [0.15, 0.2) is 33.1 Å². The molecule has 0 amide bonds. The monoisotopic (exact) mass is 524 g/mol. The Morgan fingerprint density at radius 2 is 1.04 bits per heavy atom. The first kappa shape index (κ1) is 28.0. The van der Waals surface area contributed by atoms with Gasteiger partial charge in [-0.15, -0.1) is 0 Å². The van der Waals surface area contributed by atoms with Crippen LogP contribution in [0, 0.1) is 0 Å². The molecule has 0 radical (unpaired) electrons. The topological polar surface area (TPSA) is 101 Å². The van der Waals surface area contributed by atoms with E-state index in [2.05, 4.69) is 0 Å². The fourth-order valence-corrected chi connectivity index (χ4v) is 1.37. The maximum atomic E-state index is 10.2. The van der Waals surface area contributed by atoms with E-state index < -0.39 is 11.9 Å². The summed E-state index contributed by atoms with van der Waals surface area (Å²) in [5, 5.41) is 16.8. The van der Waals surface area contributed by atoms with Crippen molar-refractivity contribution in [3.8, 4) is 0 Å². The van der Waals surface area contributed by atoms with Crippen molar-refractivity contribution in [1.82, 2.24) is 0 Å².